The monoisotopic (exact) mass is 362 g/mol. The summed E-state index contributed by atoms with van der Waals surface area (Å²) in [6, 6.07) is 6.07. The molecular weight excluding hydrogens is 334 g/mol. The number of nitrogens with one attached hydrogen (secondary N) is 1. The average Bonchev–Trinajstić information content (AvgIpc) is 2.52. The Morgan fingerprint density at radius 2 is 1.74 bits per heavy atom. The van der Waals surface area contributed by atoms with Gasteiger partial charge < -0.3 is 5.32 Å². The van der Waals surface area contributed by atoms with Crippen molar-refractivity contribution < 1.29 is 4.39 Å². The van der Waals surface area contributed by atoms with E-state index in [0.29, 0.717) is 5.92 Å². The van der Waals surface area contributed by atoms with Gasteiger partial charge in [0.25, 0.3) is 0 Å². The van der Waals surface area contributed by atoms with Crippen molar-refractivity contribution in [3.8, 4) is 0 Å². The van der Waals surface area contributed by atoms with Gasteiger partial charge in [0.1, 0.15) is 5.82 Å². The van der Waals surface area contributed by atoms with Crippen LogP contribution in [-0.2, 0) is 0 Å². The van der Waals surface area contributed by atoms with Gasteiger partial charge in [-0.15, -0.1) is 24.8 Å². The number of hydrogen-bond acceptors (Lipinski definition) is 2. The first-order chi connectivity index (χ1) is 10.3. The minimum absolute atomic E-state index is 0. The lowest BCUT2D eigenvalue weighted by atomic mass is 9.80. The van der Waals surface area contributed by atoms with Crippen LogP contribution in [0.25, 0.3) is 0 Å². The van der Waals surface area contributed by atoms with Gasteiger partial charge >= 0.3 is 0 Å². The maximum absolute atomic E-state index is 14.6. The van der Waals surface area contributed by atoms with E-state index in [1.165, 1.54) is 32.1 Å². The molecule has 1 aliphatic carbocycles. The number of piperazine rings is 1. The lowest BCUT2D eigenvalue weighted by Gasteiger charge is -2.41. The molecule has 0 unspecified atom stereocenters. The van der Waals surface area contributed by atoms with Crippen molar-refractivity contribution in [3.05, 3.63) is 35.1 Å². The zero-order valence-corrected chi connectivity index (χ0v) is 15.5. The molecule has 1 saturated carbocycles. The van der Waals surface area contributed by atoms with Crippen LogP contribution in [0, 0.1) is 18.7 Å². The van der Waals surface area contributed by atoms with E-state index in [0.717, 1.165) is 37.3 Å². The largest absolute Gasteiger partial charge is 0.314 e. The molecule has 1 atom stereocenters. The van der Waals surface area contributed by atoms with Crippen LogP contribution >= 0.6 is 24.8 Å². The molecule has 0 radical (unpaired) electrons. The Kier molecular flexibility index (Phi) is 8.84. The minimum atomic E-state index is -0.0101. The molecule has 1 heterocycles. The summed E-state index contributed by atoms with van der Waals surface area (Å²) in [5.74, 6) is 0.609. The Balaban J connectivity index is 0.00000132. The molecule has 5 heteroatoms. The third-order valence-corrected chi connectivity index (χ3v) is 5.12. The second-order valence-electron chi connectivity index (χ2n) is 6.65. The molecule has 1 aliphatic heterocycles. The number of aryl methyl sites for hydroxylation is 1. The molecule has 0 spiro atoms. The van der Waals surface area contributed by atoms with Crippen molar-refractivity contribution in [2.24, 2.45) is 5.92 Å². The van der Waals surface area contributed by atoms with Crippen molar-refractivity contribution in [3.63, 3.8) is 0 Å². The standard InChI is InChI=1S/C18H27FN2.2ClH/c1-14-7-8-16(17(19)13-14)18(15-5-3-2-4-6-15)21-11-9-20-10-12-21;;/h7-8,13,15,18,20H,2-6,9-12H2,1H3;2*1H/t18-;;/m0../s1. The minimum Gasteiger partial charge on any atom is -0.314 e. The normalized spacial score (nSPS) is 21.1. The van der Waals surface area contributed by atoms with Crippen LogP contribution in [0.4, 0.5) is 4.39 Å². The molecule has 2 aliphatic rings. The summed E-state index contributed by atoms with van der Waals surface area (Å²) in [5, 5.41) is 3.41. The fraction of sp³-hybridized carbons (Fsp3) is 0.667. The van der Waals surface area contributed by atoms with Crippen molar-refractivity contribution in [2.45, 2.75) is 45.1 Å². The summed E-state index contributed by atoms with van der Waals surface area (Å²) in [6.07, 6.45) is 6.46. The van der Waals surface area contributed by atoms with Gasteiger partial charge in [0.2, 0.25) is 0 Å². The van der Waals surface area contributed by atoms with E-state index < -0.39 is 0 Å². The highest BCUT2D eigenvalue weighted by atomic mass is 35.5. The van der Waals surface area contributed by atoms with Crippen LogP contribution in [-0.4, -0.2) is 31.1 Å². The topological polar surface area (TPSA) is 15.3 Å². The SMILES string of the molecule is Cc1ccc([C@H](C2CCCCC2)N2CCNCC2)c(F)c1.Cl.Cl. The summed E-state index contributed by atoms with van der Waals surface area (Å²) in [7, 11) is 0. The molecule has 2 fully saturated rings. The van der Waals surface area contributed by atoms with E-state index in [1.54, 1.807) is 6.07 Å². The summed E-state index contributed by atoms with van der Waals surface area (Å²) >= 11 is 0. The lowest BCUT2D eigenvalue weighted by molar-refractivity contribution is 0.101. The van der Waals surface area contributed by atoms with Crippen LogP contribution in [0.5, 0.6) is 0 Å². The van der Waals surface area contributed by atoms with Gasteiger partial charge in [-0.2, -0.15) is 0 Å². The maximum Gasteiger partial charge on any atom is 0.128 e. The van der Waals surface area contributed by atoms with Crippen LogP contribution in [0.1, 0.15) is 49.3 Å². The van der Waals surface area contributed by atoms with Gasteiger partial charge in [0.15, 0.2) is 0 Å². The van der Waals surface area contributed by atoms with Crippen LogP contribution < -0.4 is 5.32 Å². The predicted molar refractivity (Wildman–Crippen MR) is 99.4 cm³/mol. The molecule has 23 heavy (non-hydrogen) atoms. The molecule has 132 valence electrons. The van der Waals surface area contributed by atoms with Crippen LogP contribution in [0.2, 0.25) is 0 Å². The third kappa shape index (κ3) is 5.06. The zero-order valence-electron chi connectivity index (χ0n) is 13.9. The smallest absolute Gasteiger partial charge is 0.128 e. The number of rotatable bonds is 3. The number of nitrogens with zero attached hydrogens (tertiary/aromatic N) is 1. The van der Waals surface area contributed by atoms with E-state index in [2.05, 4.69) is 16.3 Å². The van der Waals surface area contributed by atoms with Gasteiger partial charge in [0, 0.05) is 37.8 Å². The highest BCUT2D eigenvalue weighted by molar-refractivity contribution is 5.85. The molecule has 1 aromatic rings. The van der Waals surface area contributed by atoms with Gasteiger partial charge in [-0.1, -0.05) is 31.4 Å². The molecule has 2 nitrogen and oxygen atoms in total. The molecular formula is C18H29Cl2FN2. The van der Waals surface area contributed by atoms with Gasteiger partial charge in [0.05, 0.1) is 0 Å². The Morgan fingerprint density at radius 1 is 1.09 bits per heavy atom. The summed E-state index contributed by atoms with van der Waals surface area (Å²) in [6.45, 7) is 6.09. The summed E-state index contributed by atoms with van der Waals surface area (Å²) in [5.41, 5.74) is 1.94. The fourth-order valence-corrected chi connectivity index (χ4v) is 4.03. The van der Waals surface area contributed by atoms with Crippen molar-refractivity contribution in [1.29, 1.82) is 0 Å². The quantitative estimate of drug-likeness (QED) is 0.850. The highest BCUT2D eigenvalue weighted by Crippen LogP contribution is 2.39. The molecule has 1 saturated heterocycles. The first-order valence-corrected chi connectivity index (χ1v) is 8.46. The summed E-state index contributed by atoms with van der Waals surface area (Å²) in [4.78, 5) is 2.51. The van der Waals surface area contributed by atoms with Crippen LogP contribution in [0.3, 0.4) is 0 Å². The Morgan fingerprint density at radius 3 is 2.35 bits per heavy atom. The fourth-order valence-electron chi connectivity index (χ4n) is 4.03. The van der Waals surface area contributed by atoms with E-state index >= 15 is 0 Å². The van der Waals surface area contributed by atoms with Crippen molar-refractivity contribution in [2.75, 3.05) is 26.2 Å². The lowest BCUT2D eigenvalue weighted by Crippen LogP contribution is -2.47. The Bertz CT molecular complexity index is 454. The van der Waals surface area contributed by atoms with E-state index in [9.17, 15) is 4.39 Å². The maximum atomic E-state index is 14.6. The van der Waals surface area contributed by atoms with Crippen molar-refractivity contribution >= 4 is 24.8 Å². The third-order valence-electron chi connectivity index (χ3n) is 5.12. The van der Waals surface area contributed by atoms with Gasteiger partial charge in [-0.3, -0.25) is 4.90 Å². The summed E-state index contributed by atoms with van der Waals surface area (Å²) < 4.78 is 14.6. The molecule has 1 N–H and O–H groups in total. The average molecular weight is 363 g/mol. The second kappa shape index (κ2) is 9.83. The van der Waals surface area contributed by atoms with Gasteiger partial charge in [-0.25, -0.2) is 4.39 Å². The Labute approximate surface area is 152 Å². The Hall–Kier alpha value is -0.350. The highest BCUT2D eigenvalue weighted by Gasteiger charge is 2.32. The van der Waals surface area contributed by atoms with E-state index in [-0.39, 0.29) is 36.7 Å². The molecule has 0 bridgehead atoms. The van der Waals surface area contributed by atoms with Gasteiger partial charge in [-0.05, 0) is 37.3 Å². The van der Waals surface area contributed by atoms with Crippen LogP contribution in [0.15, 0.2) is 18.2 Å². The molecule has 3 rings (SSSR count). The predicted octanol–water partition coefficient (Wildman–Crippen LogP) is 4.50. The molecule has 0 amide bonds. The zero-order chi connectivity index (χ0) is 14.7. The second-order valence-corrected chi connectivity index (χ2v) is 6.65. The molecule has 1 aromatic carbocycles. The first kappa shape index (κ1) is 20.7. The van der Waals surface area contributed by atoms with Crippen molar-refractivity contribution in [1.82, 2.24) is 10.2 Å². The first-order valence-electron chi connectivity index (χ1n) is 8.46. The number of halogens is 3. The van der Waals surface area contributed by atoms with E-state index in [1.807, 2.05) is 13.0 Å². The molecule has 0 aromatic heterocycles. The number of hydrogen-bond donors (Lipinski definition) is 1. The van der Waals surface area contributed by atoms with E-state index in [4.69, 9.17) is 0 Å². The number of benzene rings is 1.